The minimum absolute atomic E-state index is 0.0994. The first-order valence-corrected chi connectivity index (χ1v) is 5.27. The average molecular weight is 240 g/mol. The maximum absolute atomic E-state index is 13.7. The van der Waals surface area contributed by atoms with Crippen LogP contribution in [0.3, 0.4) is 0 Å². The molecular formula is C12H13FO4. The van der Waals surface area contributed by atoms with E-state index < -0.39 is 17.2 Å². The molecule has 0 atom stereocenters. The number of methoxy groups -OCH3 is 1. The molecule has 1 aromatic carbocycles. The number of carbonyl (C=O) groups is 1. The first kappa shape index (κ1) is 11.7. The van der Waals surface area contributed by atoms with E-state index in [4.69, 9.17) is 9.84 Å². The van der Waals surface area contributed by atoms with Crippen molar-refractivity contribution >= 4 is 5.97 Å². The summed E-state index contributed by atoms with van der Waals surface area (Å²) in [6, 6.07) is 2.36. The normalized spacial score (nSPS) is 16.6. The highest BCUT2D eigenvalue weighted by atomic mass is 19.1. The Labute approximate surface area is 97.6 Å². The lowest BCUT2D eigenvalue weighted by atomic mass is 9.91. The Morgan fingerprint density at radius 1 is 1.53 bits per heavy atom. The number of ether oxygens (including phenoxy) is 1. The maximum atomic E-state index is 13.7. The van der Waals surface area contributed by atoms with Gasteiger partial charge < -0.3 is 14.9 Å². The zero-order valence-corrected chi connectivity index (χ0v) is 9.36. The predicted molar refractivity (Wildman–Crippen MR) is 57.8 cm³/mol. The largest absolute Gasteiger partial charge is 0.504 e. The van der Waals surface area contributed by atoms with Gasteiger partial charge in [0.1, 0.15) is 5.82 Å². The van der Waals surface area contributed by atoms with Crippen LogP contribution in [0.5, 0.6) is 11.5 Å². The van der Waals surface area contributed by atoms with Gasteiger partial charge in [-0.2, -0.15) is 0 Å². The van der Waals surface area contributed by atoms with E-state index in [9.17, 15) is 14.3 Å². The zero-order valence-electron chi connectivity index (χ0n) is 9.36. The molecule has 0 unspecified atom stereocenters. The molecule has 0 heterocycles. The predicted octanol–water partition coefficient (Wildman–Crippen LogP) is 2.05. The van der Waals surface area contributed by atoms with Crippen LogP contribution in [-0.2, 0) is 10.2 Å². The number of phenolic OH excluding ortho intramolecular Hbond substituents is 1. The molecule has 2 rings (SSSR count). The van der Waals surface area contributed by atoms with Crippen LogP contribution < -0.4 is 4.74 Å². The molecule has 0 spiro atoms. The number of hydrogen-bond acceptors (Lipinski definition) is 3. The van der Waals surface area contributed by atoms with Crippen molar-refractivity contribution in [3.63, 3.8) is 0 Å². The Balaban J connectivity index is 2.42. The first-order valence-electron chi connectivity index (χ1n) is 5.27. The Hall–Kier alpha value is -1.78. The summed E-state index contributed by atoms with van der Waals surface area (Å²) >= 11 is 0. The van der Waals surface area contributed by atoms with Gasteiger partial charge in [-0.15, -0.1) is 0 Å². The summed E-state index contributed by atoms with van der Waals surface area (Å²) in [6.45, 7) is 0. The summed E-state index contributed by atoms with van der Waals surface area (Å²) in [6.07, 6.45) is 1.19. The van der Waals surface area contributed by atoms with Gasteiger partial charge in [-0.25, -0.2) is 4.39 Å². The van der Waals surface area contributed by atoms with Gasteiger partial charge in [0.25, 0.3) is 0 Å². The van der Waals surface area contributed by atoms with Crippen molar-refractivity contribution in [1.82, 2.24) is 0 Å². The van der Waals surface area contributed by atoms with Crippen molar-refractivity contribution in [2.45, 2.75) is 24.7 Å². The highest BCUT2D eigenvalue weighted by Gasteiger charge is 2.48. The number of carboxylic acid groups (broad SMARTS) is 1. The van der Waals surface area contributed by atoms with E-state index in [2.05, 4.69) is 0 Å². The lowest BCUT2D eigenvalue weighted by molar-refractivity contribution is -0.137. The van der Waals surface area contributed by atoms with Crippen molar-refractivity contribution in [3.8, 4) is 11.5 Å². The van der Waals surface area contributed by atoms with Crippen LogP contribution in [0.25, 0.3) is 0 Å². The van der Waals surface area contributed by atoms with Crippen molar-refractivity contribution in [2.24, 2.45) is 0 Å². The topological polar surface area (TPSA) is 66.8 Å². The molecule has 1 saturated carbocycles. The molecule has 1 aliphatic carbocycles. The Kier molecular flexibility index (Phi) is 2.69. The molecule has 0 aromatic heterocycles. The molecule has 0 bridgehead atoms. The van der Waals surface area contributed by atoms with Gasteiger partial charge in [0, 0.05) is 11.5 Å². The smallest absolute Gasteiger partial charge is 0.304 e. The Morgan fingerprint density at radius 2 is 2.18 bits per heavy atom. The van der Waals surface area contributed by atoms with Gasteiger partial charge in [-0.05, 0) is 24.5 Å². The standard InChI is InChI=1S/C12H13FO4/c1-17-10-4-7(8(13)5-9(10)14)12(2-3-12)6-11(15)16/h4-5,14H,2-3,6H2,1H3,(H,15,16). The molecule has 0 radical (unpaired) electrons. The number of phenols is 1. The van der Waals surface area contributed by atoms with Gasteiger partial charge in [0.05, 0.1) is 13.5 Å². The summed E-state index contributed by atoms with van der Waals surface area (Å²) in [5.74, 6) is -1.64. The number of rotatable bonds is 4. The second-order valence-corrected chi connectivity index (χ2v) is 4.35. The van der Waals surface area contributed by atoms with E-state index in [0.717, 1.165) is 6.07 Å². The molecule has 92 valence electrons. The van der Waals surface area contributed by atoms with Crippen molar-refractivity contribution in [1.29, 1.82) is 0 Å². The second-order valence-electron chi connectivity index (χ2n) is 4.35. The molecule has 17 heavy (non-hydrogen) atoms. The maximum Gasteiger partial charge on any atom is 0.304 e. The second kappa shape index (κ2) is 3.91. The van der Waals surface area contributed by atoms with Crippen molar-refractivity contribution in [3.05, 3.63) is 23.5 Å². The van der Waals surface area contributed by atoms with E-state index in [1.165, 1.54) is 13.2 Å². The van der Waals surface area contributed by atoms with E-state index in [1.54, 1.807) is 0 Å². The minimum Gasteiger partial charge on any atom is -0.504 e. The van der Waals surface area contributed by atoms with Gasteiger partial charge in [0.2, 0.25) is 0 Å². The molecular weight excluding hydrogens is 227 g/mol. The summed E-state index contributed by atoms with van der Waals surface area (Å²) in [7, 11) is 1.37. The molecule has 0 saturated heterocycles. The highest BCUT2D eigenvalue weighted by Crippen LogP contribution is 2.53. The molecule has 2 N–H and O–H groups in total. The van der Waals surface area contributed by atoms with E-state index in [-0.39, 0.29) is 17.9 Å². The highest BCUT2D eigenvalue weighted by molar-refractivity contribution is 5.70. The number of aliphatic carboxylic acids is 1. The molecule has 4 nitrogen and oxygen atoms in total. The number of carboxylic acids is 1. The summed E-state index contributed by atoms with van der Waals surface area (Å²) in [5, 5.41) is 18.2. The third-order valence-electron chi connectivity index (χ3n) is 3.18. The molecule has 0 aliphatic heterocycles. The van der Waals surface area contributed by atoms with Crippen molar-refractivity contribution in [2.75, 3.05) is 7.11 Å². The third kappa shape index (κ3) is 2.05. The van der Waals surface area contributed by atoms with Crippen LogP contribution in [0.1, 0.15) is 24.8 Å². The molecule has 1 fully saturated rings. The van der Waals surface area contributed by atoms with E-state index >= 15 is 0 Å². The quantitative estimate of drug-likeness (QED) is 0.845. The summed E-state index contributed by atoms with van der Waals surface area (Å²) in [4.78, 5) is 10.8. The minimum atomic E-state index is -0.950. The Bertz CT molecular complexity index is 466. The molecule has 0 amide bonds. The number of aromatic hydroxyl groups is 1. The average Bonchev–Trinajstić information content (AvgIpc) is 2.97. The summed E-state index contributed by atoms with van der Waals surface area (Å²) < 4.78 is 18.6. The zero-order chi connectivity index (χ0) is 12.6. The molecule has 1 aromatic rings. The fourth-order valence-corrected chi connectivity index (χ4v) is 2.09. The lowest BCUT2D eigenvalue weighted by Crippen LogP contribution is -2.14. The number of hydrogen-bond donors (Lipinski definition) is 2. The van der Waals surface area contributed by atoms with Crippen LogP contribution in [0.4, 0.5) is 4.39 Å². The third-order valence-corrected chi connectivity index (χ3v) is 3.18. The van der Waals surface area contributed by atoms with Crippen LogP contribution in [0.15, 0.2) is 12.1 Å². The van der Waals surface area contributed by atoms with Crippen LogP contribution in [-0.4, -0.2) is 23.3 Å². The van der Waals surface area contributed by atoms with Crippen LogP contribution >= 0.6 is 0 Å². The summed E-state index contributed by atoms with van der Waals surface area (Å²) in [5.41, 5.74) is -0.314. The fraction of sp³-hybridized carbons (Fsp3) is 0.417. The monoisotopic (exact) mass is 240 g/mol. The first-order chi connectivity index (χ1) is 7.98. The lowest BCUT2D eigenvalue weighted by Gasteiger charge is -2.16. The van der Waals surface area contributed by atoms with Gasteiger partial charge >= 0.3 is 5.97 Å². The van der Waals surface area contributed by atoms with Crippen LogP contribution in [0.2, 0.25) is 0 Å². The Morgan fingerprint density at radius 3 is 2.65 bits per heavy atom. The number of benzene rings is 1. The van der Waals surface area contributed by atoms with E-state index in [1.807, 2.05) is 0 Å². The molecule has 1 aliphatic rings. The van der Waals surface area contributed by atoms with Gasteiger partial charge in [0.15, 0.2) is 11.5 Å². The van der Waals surface area contributed by atoms with Crippen molar-refractivity contribution < 1.29 is 24.1 Å². The fourth-order valence-electron chi connectivity index (χ4n) is 2.09. The molecule has 5 heteroatoms. The van der Waals surface area contributed by atoms with Crippen LogP contribution in [0, 0.1) is 5.82 Å². The van der Waals surface area contributed by atoms with Gasteiger partial charge in [-0.3, -0.25) is 4.79 Å². The number of halogens is 1. The SMILES string of the molecule is COc1cc(C2(CC(=O)O)CC2)c(F)cc1O. The van der Waals surface area contributed by atoms with E-state index in [0.29, 0.717) is 18.4 Å². The van der Waals surface area contributed by atoms with Gasteiger partial charge in [-0.1, -0.05) is 0 Å².